The maximum absolute atomic E-state index is 12.1. The maximum atomic E-state index is 12.1. The van der Waals surface area contributed by atoms with Gasteiger partial charge in [0, 0.05) is 24.2 Å². The van der Waals surface area contributed by atoms with Crippen LogP contribution in [-0.4, -0.2) is 23.9 Å². The van der Waals surface area contributed by atoms with Crippen LogP contribution in [0, 0.1) is 0 Å². The summed E-state index contributed by atoms with van der Waals surface area (Å²) < 4.78 is 5.32. The minimum atomic E-state index is 0.137. The summed E-state index contributed by atoms with van der Waals surface area (Å²) in [5.74, 6) is 0.966. The van der Waals surface area contributed by atoms with Crippen LogP contribution in [0.5, 0.6) is 0 Å². The van der Waals surface area contributed by atoms with Gasteiger partial charge >= 0.3 is 0 Å². The van der Waals surface area contributed by atoms with Crippen molar-refractivity contribution in [1.29, 1.82) is 0 Å². The highest BCUT2D eigenvalue weighted by atomic mass is 16.3. The largest absolute Gasteiger partial charge is 0.464 e. The molecule has 0 spiro atoms. The molecule has 18 heavy (non-hydrogen) atoms. The Morgan fingerprint density at radius 3 is 2.39 bits per heavy atom. The van der Waals surface area contributed by atoms with Gasteiger partial charge in [-0.2, -0.15) is 0 Å². The Morgan fingerprint density at radius 1 is 1.06 bits per heavy atom. The van der Waals surface area contributed by atoms with Crippen LogP contribution in [0.4, 0.5) is 0 Å². The lowest BCUT2D eigenvalue weighted by Crippen LogP contribution is -2.27. The van der Waals surface area contributed by atoms with E-state index in [1.54, 1.807) is 6.26 Å². The molecule has 0 unspecified atom stereocenters. The Kier molecular flexibility index (Phi) is 2.89. The predicted octanol–water partition coefficient (Wildman–Crippen LogP) is 3.18. The van der Waals surface area contributed by atoms with Crippen LogP contribution >= 0.6 is 0 Å². The molecule has 0 radical (unpaired) electrons. The third kappa shape index (κ3) is 2.04. The van der Waals surface area contributed by atoms with E-state index in [1.165, 1.54) is 0 Å². The summed E-state index contributed by atoms with van der Waals surface area (Å²) >= 11 is 0. The van der Waals surface area contributed by atoms with Gasteiger partial charge in [0.05, 0.1) is 6.26 Å². The molecule has 3 rings (SSSR count). The molecule has 1 aromatic heterocycles. The molecule has 3 heteroatoms. The van der Waals surface area contributed by atoms with Crippen molar-refractivity contribution in [3.8, 4) is 11.3 Å². The molecule has 1 aliphatic rings. The van der Waals surface area contributed by atoms with Crippen molar-refractivity contribution in [2.24, 2.45) is 0 Å². The van der Waals surface area contributed by atoms with Crippen LogP contribution in [-0.2, 0) is 0 Å². The monoisotopic (exact) mass is 241 g/mol. The lowest BCUT2D eigenvalue weighted by molar-refractivity contribution is 0.0793. The molecule has 92 valence electrons. The molecule has 0 saturated carbocycles. The lowest BCUT2D eigenvalue weighted by Gasteiger charge is -2.15. The molecule has 1 aliphatic heterocycles. The minimum Gasteiger partial charge on any atom is -0.464 e. The van der Waals surface area contributed by atoms with E-state index in [0.717, 1.165) is 42.8 Å². The summed E-state index contributed by atoms with van der Waals surface area (Å²) in [6.45, 7) is 1.78. The van der Waals surface area contributed by atoms with Crippen molar-refractivity contribution in [2.75, 3.05) is 13.1 Å². The fourth-order valence-corrected chi connectivity index (χ4v) is 2.32. The second kappa shape index (κ2) is 4.69. The average molecular weight is 241 g/mol. The summed E-state index contributed by atoms with van der Waals surface area (Å²) in [4.78, 5) is 14.1. The van der Waals surface area contributed by atoms with E-state index in [4.69, 9.17) is 4.42 Å². The number of carbonyl (C=O) groups is 1. The molecule has 0 bridgehead atoms. The van der Waals surface area contributed by atoms with Gasteiger partial charge in [0.25, 0.3) is 5.91 Å². The van der Waals surface area contributed by atoms with Crippen molar-refractivity contribution in [3.05, 3.63) is 48.2 Å². The zero-order valence-corrected chi connectivity index (χ0v) is 10.1. The number of carbonyl (C=O) groups excluding carboxylic acids is 1. The summed E-state index contributed by atoms with van der Waals surface area (Å²) in [6, 6.07) is 11.4. The zero-order chi connectivity index (χ0) is 12.4. The second-order valence-corrected chi connectivity index (χ2v) is 4.55. The Bertz CT molecular complexity index is 522. The van der Waals surface area contributed by atoms with Crippen molar-refractivity contribution in [2.45, 2.75) is 12.8 Å². The maximum Gasteiger partial charge on any atom is 0.253 e. The fraction of sp³-hybridized carbons (Fsp3) is 0.267. The van der Waals surface area contributed by atoms with Gasteiger partial charge in [-0.15, -0.1) is 0 Å². The van der Waals surface area contributed by atoms with E-state index in [2.05, 4.69) is 0 Å². The van der Waals surface area contributed by atoms with Gasteiger partial charge in [-0.3, -0.25) is 4.79 Å². The first-order valence-electron chi connectivity index (χ1n) is 6.28. The number of hydrogen-bond donors (Lipinski definition) is 0. The standard InChI is InChI=1S/C15H15NO2/c17-15(16-9-1-2-10-16)13-7-5-12(6-8-13)14-4-3-11-18-14/h3-8,11H,1-2,9-10H2. The van der Waals surface area contributed by atoms with E-state index >= 15 is 0 Å². The van der Waals surface area contributed by atoms with Gasteiger partial charge < -0.3 is 9.32 Å². The van der Waals surface area contributed by atoms with Crippen molar-refractivity contribution in [3.63, 3.8) is 0 Å². The highest BCUT2D eigenvalue weighted by Crippen LogP contribution is 2.21. The summed E-state index contributed by atoms with van der Waals surface area (Å²) in [5.41, 5.74) is 1.75. The van der Waals surface area contributed by atoms with Crippen molar-refractivity contribution >= 4 is 5.91 Å². The Morgan fingerprint density at radius 2 is 1.78 bits per heavy atom. The highest BCUT2D eigenvalue weighted by molar-refractivity contribution is 5.94. The quantitative estimate of drug-likeness (QED) is 0.809. The van der Waals surface area contributed by atoms with Gasteiger partial charge in [-0.25, -0.2) is 0 Å². The molecule has 1 saturated heterocycles. The number of likely N-dealkylation sites (tertiary alicyclic amines) is 1. The van der Waals surface area contributed by atoms with E-state index in [-0.39, 0.29) is 5.91 Å². The molecular formula is C15H15NO2. The second-order valence-electron chi connectivity index (χ2n) is 4.55. The topological polar surface area (TPSA) is 33.5 Å². The van der Waals surface area contributed by atoms with Gasteiger partial charge in [0.15, 0.2) is 0 Å². The Labute approximate surface area is 106 Å². The molecule has 3 nitrogen and oxygen atoms in total. The fourth-order valence-electron chi connectivity index (χ4n) is 2.32. The predicted molar refractivity (Wildman–Crippen MR) is 69.3 cm³/mol. The molecule has 0 N–H and O–H groups in total. The molecular weight excluding hydrogens is 226 g/mol. The molecule has 0 aliphatic carbocycles. The van der Waals surface area contributed by atoms with Gasteiger partial charge in [0.1, 0.15) is 5.76 Å². The van der Waals surface area contributed by atoms with Crippen LogP contribution in [0.1, 0.15) is 23.2 Å². The lowest BCUT2D eigenvalue weighted by atomic mass is 10.1. The Balaban J connectivity index is 1.80. The molecule has 2 heterocycles. The van der Waals surface area contributed by atoms with Crippen LogP contribution in [0.3, 0.4) is 0 Å². The first-order valence-corrected chi connectivity index (χ1v) is 6.28. The number of rotatable bonds is 2. The minimum absolute atomic E-state index is 0.137. The van der Waals surface area contributed by atoms with Crippen molar-refractivity contribution < 1.29 is 9.21 Å². The molecule has 1 aromatic carbocycles. The molecule has 1 fully saturated rings. The van der Waals surface area contributed by atoms with Crippen LogP contribution in [0.2, 0.25) is 0 Å². The number of benzene rings is 1. The van der Waals surface area contributed by atoms with Crippen LogP contribution in [0.15, 0.2) is 47.1 Å². The van der Waals surface area contributed by atoms with E-state index in [9.17, 15) is 4.79 Å². The molecule has 1 amide bonds. The summed E-state index contributed by atoms with van der Waals surface area (Å²) in [6.07, 6.45) is 3.89. The normalized spacial score (nSPS) is 15.0. The van der Waals surface area contributed by atoms with Crippen molar-refractivity contribution in [1.82, 2.24) is 4.90 Å². The van der Waals surface area contributed by atoms with Gasteiger partial charge in [-0.1, -0.05) is 12.1 Å². The van der Waals surface area contributed by atoms with E-state index in [0.29, 0.717) is 0 Å². The zero-order valence-electron chi connectivity index (χ0n) is 10.1. The number of furan rings is 1. The number of nitrogens with zero attached hydrogens (tertiary/aromatic N) is 1. The Hall–Kier alpha value is -2.03. The third-order valence-corrected chi connectivity index (χ3v) is 3.33. The number of amides is 1. The summed E-state index contributed by atoms with van der Waals surface area (Å²) in [5, 5.41) is 0. The van der Waals surface area contributed by atoms with Gasteiger partial charge in [0.2, 0.25) is 0 Å². The smallest absolute Gasteiger partial charge is 0.253 e. The SMILES string of the molecule is O=C(c1ccc(-c2ccco2)cc1)N1CCCC1. The third-order valence-electron chi connectivity index (χ3n) is 3.33. The summed E-state index contributed by atoms with van der Waals surface area (Å²) in [7, 11) is 0. The van der Waals surface area contributed by atoms with Crippen LogP contribution < -0.4 is 0 Å². The first-order chi connectivity index (χ1) is 8.84. The van der Waals surface area contributed by atoms with Crippen LogP contribution in [0.25, 0.3) is 11.3 Å². The number of hydrogen-bond acceptors (Lipinski definition) is 2. The van der Waals surface area contributed by atoms with Gasteiger partial charge in [-0.05, 0) is 37.1 Å². The molecule has 0 atom stereocenters. The highest BCUT2D eigenvalue weighted by Gasteiger charge is 2.19. The average Bonchev–Trinajstić information content (AvgIpc) is 3.11. The van der Waals surface area contributed by atoms with E-state index in [1.807, 2.05) is 41.3 Å². The van der Waals surface area contributed by atoms with E-state index < -0.39 is 0 Å². The molecule has 2 aromatic rings. The first kappa shape index (κ1) is 11.1.